The van der Waals surface area contributed by atoms with Crippen LogP contribution in [0.15, 0.2) is 0 Å². The van der Waals surface area contributed by atoms with Crippen LogP contribution in [0.2, 0.25) is 0 Å². The first kappa shape index (κ1) is 17.4. The normalized spacial score (nSPS) is 19.6. The van der Waals surface area contributed by atoms with Gasteiger partial charge in [0.05, 0.1) is 0 Å². The van der Waals surface area contributed by atoms with Crippen molar-refractivity contribution < 1.29 is 4.79 Å². The fourth-order valence-corrected chi connectivity index (χ4v) is 3.04. The number of likely N-dealkylation sites (tertiary alicyclic amines) is 1. The molecule has 0 aromatic heterocycles. The van der Waals surface area contributed by atoms with Crippen molar-refractivity contribution in [1.82, 2.24) is 10.2 Å². The second-order valence-corrected chi connectivity index (χ2v) is 6.91. The maximum Gasteiger partial charge on any atom is 0.220 e. The molecule has 1 fully saturated rings. The molecule has 0 saturated carbocycles. The number of rotatable bonds is 7. The molecular weight excluding hydrogens is 250 g/mol. The molecule has 0 aromatic carbocycles. The molecule has 20 heavy (non-hydrogen) atoms. The van der Waals surface area contributed by atoms with E-state index in [-0.39, 0.29) is 5.91 Å². The molecule has 1 amide bonds. The van der Waals surface area contributed by atoms with Gasteiger partial charge < -0.3 is 16.0 Å². The molecule has 0 aliphatic carbocycles. The van der Waals surface area contributed by atoms with Crippen molar-refractivity contribution in [3.05, 3.63) is 0 Å². The fraction of sp³-hybridized carbons (Fsp3) is 0.938. The van der Waals surface area contributed by atoms with Gasteiger partial charge in [-0.1, -0.05) is 13.8 Å². The Kier molecular flexibility index (Phi) is 7.52. The first-order valence-electron chi connectivity index (χ1n) is 8.15. The smallest absolute Gasteiger partial charge is 0.220 e. The summed E-state index contributed by atoms with van der Waals surface area (Å²) in [6.07, 6.45) is 3.76. The molecule has 1 saturated heterocycles. The summed E-state index contributed by atoms with van der Waals surface area (Å²) in [4.78, 5) is 14.6. The predicted octanol–water partition coefficient (Wildman–Crippen LogP) is 1.99. The van der Waals surface area contributed by atoms with E-state index in [1.165, 1.54) is 0 Å². The molecule has 4 nitrogen and oxygen atoms in total. The van der Waals surface area contributed by atoms with Crippen LogP contribution in [-0.2, 0) is 4.79 Å². The molecule has 0 aromatic rings. The van der Waals surface area contributed by atoms with Crippen LogP contribution < -0.4 is 11.1 Å². The summed E-state index contributed by atoms with van der Waals surface area (Å²) in [5.74, 6) is 1.11. The lowest BCUT2D eigenvalue weighted by Gasteiger charge is -2.35. The number of hydrogen-bond donors (Lipinski definition) is 2. The summed E-state index contributed by atoms with van der Waals surface area (Å²) in [7, 11) is 0. The van der Waals surface area contributed by atoms with Crippen molar-refractivity contribution in [2.75, 3.05) is 19.6 Å². The molecular formula is C16H33N3O. The van der Waals surface area contributed by atoms with Crippen LogP contribution in [0.1, 0.15) is 53.4 Å². The van der Waals surface area contributed by atoms with Crippen LogP contribution >= 0.6 is 0 Å². The van der Waals surface area contributed by atoms with Crippen molar-refractivity contribution in [2.45, 2.75) is 65.5 Å². The van der Waals surface area contributed by atoms with Gasteiger partial charge in [0, 0.05) is 31.6 Å². The molecule has 0 bridgehead atoms. The van der Waals surface area contributed by atoms with Crippen LogP contribution in [-0.4, -0.2) is 42.5 Å². The van der Waals surface area contributed by atoms with Crippen molar-refractivity contribution in [3.8, 4) is 0 Å². The van der Waals surface area contributed by atoms with Crippen LogP contribution in [0.5, 0.6) is 0 Å². The molecule has 1 rings (SSSR count). The summed E-state index contributed by atoms with van der Waals surface area (Å²) >= 11 is 0. The van der Waals surface area contributed by atoms with Crippen molar-refractivity contribution in [1.29, 1.82) is 0 Å². The minimum atomic E-state index is 0.184. The number of nitrogens with two attached hydrogens (primary N) is 1. The lowest BCUT2D eigenvalue weighted by molar-refractivity contribution is -0.123. The number of piperidine rings is 1. The van der Waals surface area contributed by atoms with Crippen LogP contribution in [0, 0.1) is 11.8 Å². The molecule has 0 radical (unpaired) electrons. The number of amides is 1. The third-order valence-corrected chi connectivity index (χ3v) is 4.24. The van der Waals surface area contributed by atoms with E-state index in [4.69, 9.17) is 5.73 Å². The second kappa shape index (κ2) is 8.63. The molecule has 1 aliphatic heterocycles. The number of nitrogens with zero attached hydrogens (tertiary/aromatic N) is 1. The Morgan fingerprint density at radius 1 is 1.25 bits per heavy atom. The average Bonchev–Trinajstić information content (AvgIpc) is 2.37. The zero-order valence-corrected chi connectivity index (χ0v) is 13.7. The number of carbonyl (C=O) groups excluding carboxylic acids is 1. The Bertz CT molecular complexity index is 283. The first-order valence-corrected chi connectivity index (χ1v) is 8.15. The van der Waals surface area contributed by atoms with Gasteiger partial charge in [0.25, 0.3) is 0 Å². The summed E-state index contributed by atoms with van der Waals surface area (Å²) in [6, 6.07) is 0.967. The Balaban J connectivity index is 2.29. The van der Waals surface area contributed by atoms with E-state index >= 15 is 0 Å². The van der Waals surface area contributed by atoms with E-state index in [9.17, 15) is 4.79 Å². The Labute approximate surface area is 124 Å². The largest absolute Gasteiger partial charge is 0.353 e. The summed E-state index contributed by atoms with van der Waals surface area (Å²) in [6.45, 7) is 11.6. The van der Waals surface area contributed by atoms with E-state index < -0.39 is 0 Å². The molecule has 1 atom stereocenters. The van der Waals surface area contributed by atoms with Gasteiger partial charge in [0.2, 0.25) is 5.91 Å². The standard InChI is InChI=1S/C16H33N3O/c1-12(2)9-14(11-17)10-16(20)18-15-5-7-19(8-6-15)13(3)4/h12-15H,5-11,17H2,1-4H3,(H,18,20). The first-order chi connectivity index (χ1) is 9.42. The molecule has 1 aliphatic rings. The maximum atomic E-state index is 12.1. The molecule has 1 heterocycles. The highest BCUT2D eigenvalue weighted by molar-refractivity contribution is 5.76. The van der Waals surface area contributed by atoms with Gasteiger partial charge in [-0.3, -0.25) is 4.79 Å². The van der Waals surface area contributed by atoms with Crippen LogP contribution in [0.25, 0.3) is 0 Å². The van der Waals surface area contributed by atoms with Gasteiger partial charge in [-0.2, -0.15) is 0 Å². The van der Waals surface area contributed by atoms with Crippen LogP contribution in [0.4, 0.5) is 0 Å². The zero-order chi connectivity index (χ0) is 15.1. The number of hydrogen-bond acceptors (Lipinski definition) is 3. The van der Waals surface area contributed by atoms with Gasteiger partial charge in [-0.05, 0) is 51.5 Å². The molecule has 1 unspecified atom stereocenters. The third-order valence-electron chi connectivity index (χ3n) is 4.24. The van der Waals surface area contributed by atoms with Gasteiger partial charge >= 0.3 is 0 Å². The lowest BCUT2D eigenvalue weighted by atomic mass is 9.93. The third kappa shape index (κ3) is 6.23. The van der Waals surface area contributed by atoms with Crippen molar-refractivity contribution >= 4 is 5.91 Å². The quantitative estimate of drug-likeness (QED) is 0.751. The van der Waals surface area contributed by atoms with Gasteiger partial charge in [-0.25, -0.2) is 0 Å². The Hall–Kier alpha value is -0.610. The van der Waals surface area contributed by atoms with Gasteiger partial charge in [0.1, 0.15) is 0 Å². The monoisotopic (exact) mass is 283 g/mol. The predicted molar refractivity (Wildman–Crippen MR) is 84.5 cm³/mol. The molecule has 3 N–H and O–H groups in total. The average molecular weight is 283 g/mol. The van der Waals surface area contributed by atoms with E-state index in [2.05, 4.69) is 37.9 Å². The highest BCUT2D eigenvalue weighted by atomic mass is 16.1. The van der Waals surface area contributed by atoms with E-state index in [0.29, 0.717) is 36.9 Å². The lowest BCUT2D eigenvalue weighted by Crippen LogP contribution is -2.47. The van der Waals surface area contributed by atoms with Gasteiger partial charge in [-0.15, -0.1) is 0 Å². The fourth-order valence-electron chi connectivity index (χ4n) is 3.04. The summed E-state index contributed by atoms with van der Waals surface area (Å²) in [5.41, 5.74) is 5.77. The van der Waals surface area contributed by atoms with Gasteiger partial charge in [0.15, 0.2) is 0 Å². The van der Waals surface area contributed by atoms with E-state index in [1.807, 2.05) is 0 Å². The number of carbonyl (C=O) groups is 1. The Morgan fingerprint density at radius 3 is 2.30 bits per heavy atom. The molecule has 4 heteroatoms. The van der Waals surface area contributed by atoms with Crippen LogP contribution in [0.3, 0.4) is 0 Å². The summed E-state index contributed by atoms with van der Waals surface area (Å²) in [5, 5.41) is 3.20. The van der Waals surface area contributed by atoms with E-state index in [0.717, 1.165) is 32.4 Å². The SMILES string of the molecule is CC(C)CC(CN)CC(=O)NC1CCN(C(C)C)CC1. The molecule has 118 valence electrons. The molecule has 0 spiro atoms. The zero-order valence-electron chi connectivity index (χ0n) is 13.7. The Morgan fingerprint density at radius 2 is 1.85 bits per heavy atom. The highest BCUT2D eigenvalue weighted by Crippen LogP contribution is 2.16. The minimum absolute atomic E-state index is 0.184. The van der Waals surface area contributed by atoms with Crippen molar-refractivity contribution in [3.63, 3.8) is 0 Å². The maximum absolute atomic E-state index is 12.1. The summed E-state index contributed by atoms with van der Waals surface area (Å²) < 4.78 is 0. The second-order valence-electron chi connectivity index (χ2n) is 6.91. The van der Waals surface area contributed by atoms with E-state index in [1.54, 1.807) is 0 Å². The highest BCUT2D eigenvalue weighted by Gasteiger charge is 2.23. The topological polar surface area (TPSA) is 58.4 Å². The minimum Gasteiger partial charge on any atom is -0.353 e. The number of nitrogens with one attached hydrogen (secondary N) is 1. The van der Waals surface area contributed by atoms with Crippen molar-refractivity contribution in [2.24, 2.45) is 17.6 Å².